The maximum atomic E-state index is 11.7. The van der Waals surface area contributed by atoms with Crippen LogP contribution in [0.25, 0.3) is 0 Å². The van der Waals surface area contributed by atoms with Crippen molar-refractivity contribution < 1.29 is 9.53 Å². The standard InChI is InChI=1S/C13H24N2O2/c1-13(2,3)17-12(16)15-11-9-7-5-4-6-8-10(11)14/h4-5,10-11H,6-9,14H2,1-3H3,(H,15,16)/b5-4+/t10-,11+/m0/s1. The third kappa shape index (κ3) is 5.73. The molecule has 0 unspecified atom stereocenters. The Morgan fingerprint density at radius 3 is 2.47 bits per heavy atom. The Morgan fingerprint density at radius 1 is 1.29 bits per heavy atom. The van der Waals surface area contributed by atoms with Gasteiger partial charge in [0.2, 0.25) is 0 Å². The number of allylic oxidation sites excluding steroid dienone is 2. The monoisotopic (exact) mass is 240 g/mol. The maximum Gasteiger partial charge on any atom is 0.407 e. The average Bonchev–Trinajstić information content (AvgIpc) is 2.15. The van der Waals surface area contributed by atoms with Crippen molar-refractivity contribution in [1.29, 1.82) is 0 Å². The van der Waals surface area contributed by atoms with Crippen molar-refractivity contribution in [2.45, 2.75) is 64.1 Å². The highest BCUT2D eigenvalue weighted by molar-refractivity contribution is 5.68. The summed E-state index contributed by atoms with van der Waals surface area (Å²) in [6.45, 7) is 5.56. The van der Waals surface area contributed by atoms with Gasteiger partial charge in [-0.3, -0.25) is 0 Å². The van der Waals surface area contributed by atoms with Gasteiger partial charge in [-0.2, -0.15) is 0 Å². The van der Waals surface area contributed by atoms with Crippen LogP contribution in [0.5, 0.6) is 0 Å². The molecule has 4 nitrogen and oxygen atoms in total. The Kier molecular flexibility index (Phi) is 5.00. The molecule has 0 aromatic carbocycles. The molecule has 1 amide bonds. The van der Waals surface area contributed by atoms with E-state index < -0.39 is 5.60 Å². The molecular formula is C13H24N2O2. The van der Waals surface area contributed by atoms with Crippen molar-refractivity contribution in [3.05, 3.63) is 12.2 Å². The molecule has 4 heteroatoms. The van der Waals surface area contributed by atoms with Crippen molar-refractivity contribution >= 4 is 6.09 Å². The van der Waals surface area contributed by atoms with Crippen LogP contribution in [0, 0.1) is 0 Å². The smallest absolute Gasteiger partial charge is 0.407 e. The molecule has 0 spiro atoms. The molecular weight excluding hydrogens is 216 g/mol. The fourth-order valence-electron chi connectivity index (χ4n) is 1.85. The molecule has 3 N–H and O–H groups in total. The molecule has 1 aliphatic rings. The Labute approximate surface area is 104 Å². The van der Waals surface area contributed by atoms with Crippen molar-refractivity contribution in [2.24, 2.45) is 5.73 Å². The van der Waals surface area contributed by atoms with Crippen molar-refractivity contribution in [3.63, 3.8) is 0 Å². The lowest BCUT2D eigenvalue weighted by Gasteiger charge is -2.27. The molecule has 0 saturated heterocycles. The van der Waals surface area contributed by atoms with Crippen LogP contribution >= 0.6 is 0 Å². The van der Waals surface area contributed by atoms with Crippen LogP contribution in [0.3, 0.4) is 0 Å². The van der Waals surface area contributed by atoms with Crippen molar-refractivity contribution in [2.75, 3.05) is 0 Å². The molecule has 0 aromatic heterocycles. The Hall–Kier alpha value is -1.03. The molecule has 0 saturated carbocycles. The SMILES string of the molecule is CC(C)(C)OC(=O)N[C@@H]1CC/C=C/CC[C@@H]1N. The minimum atomic E-state index is -0.463. The van der Waals surface area contributed by atoms with E-state index in [1.807, 2.05) is 20.8 Å². The minimum absolute atomic E-state index is 0.00692. The summed E-state index contributed by atoms with van der Waals surface area (Å²) in [6, 6.07) is 0.0160. The lowest BCUT2D eigenvalue weighted by atomic mass is 9.96. The van der Waals surface area contributed by atoms with Gasteiger partial charge in [-0.05, 0) is 46.5 Å². The van der Waals surface area contributed by atoms with E-state index in [0.717, 1.165) is 25.7 Å². The molecule has 1 rings (SSSR count). The molecule has 2 atom stereocenters. The van der Waals surface area contributed by atoms with E-state index in [4.69, 9.17) is 10.5 Å². The van der Waals surface area contributed by atoms with Crippen molar-refractivity contribution in [3.8, 4) is 0 Å². The van der Waals surface area contributed by atoms with Gasteiger partial charge in [-0.25, -0.2) is 4.79 Å². The number of carbonyl (C=O) groups is 1. The molecule has 17 heavy (non-hydrogen) atoms. The summed E-state index contributed by atoms with van der Waals surface area (Å²) < 4.78 is 5.24. The summed E-state index contributed by atoms with van der Waals surface area (Å²) in [7, 11) is 0. The first-order valence-electron chi connectivity index (χ1n) is 6.28. The van der Waals surface area contributed by atoms with E-state index in [1.54, 1.807) is 0 Å². The normalized spacial score (nSPS) is 27.8. The second kappa shape index (κ2) is 6.05. The quantitative estimate of drug-likeness (QED) is 0.691. The molecule has 1 aliphatic carbocycles. The molecule has 0 aromatic rings. The largest absolute Gasteiger partial charge is 0.444 e. The molecule has 0 heterocycles. The fraction of sp³-hybridized carbons (Fsp3) is 0.769. The second-order valence-corrected chi connectivity index (χ2v) is 5.54. The summed E-state index contributed by atoms with van der Waals surface area (Å²) in [5.41, 5.74) is 5.59. The van der Waals surface area contributed by atoms with E-state index >= 15 is 0 Å². The van der Waals surface area contributed by atoms with Gasteiger partial charge in [0, 0.05) is 12.1 Å². The zero-order chi connectivity index (χ0) is 12.9. The van der Waals surface area contributed by atoms with E-state index in [-0.39, 0.29) is 18.2 Å². The lowest BCUT2D eigenvalue weighted by molar-refractivity contribution is 0.0492. The highest BCUT2D eigenvalue weighted by atomic mass is 16.6. The van der Waals surface area contributed by atoms with E-state index in [9.17, 15) is 4.79 Å². The van der Waals surface area contributed by atoms with Gasteiger partial charge >= 0.3 is 6.09 Å². The Balaban J connectivity index is 2.47. The van der Waals surface area contributed by atoms with Crippen LogP contribution in [0.1, 0.15) is 46.5 Å². The first-order chi connectivity index (χ1) is 7.88. The average molecular weight is 240 g/mol. The number of nitrogens with two attached hydrogens (primary N) is 1. The number of rotatable bonds is 1. The summed E-state index contributed by atoms with van der Waals surface area (Å²) >= 11 is 0. The van der Waals surface area contributed by atoms with Gasteiger partial charge < -0.3 is 15.8 Å². The van der Waals surface area contributed by atoms with Gasteiger partial charge in [-0.1, -0.05) is 12.2 Å². The van der Waals surface area contributed by atoms with Crippen molar-refractivity contribution in [1.82, 2.24) is 5.32 Å². The van der Waals surface area contributed by atoms with Crippen LogP contribution in [0.2, 0.25) is 0 Å². The number of amides is 1. The van der Waals surface area contributed by atoms with E-state index in [0.29, 0.717) is 0 Å². The molecule has 98 valence electrons. The Morgan fingerprint density at radius 2 is 1.88 bits per heavy atom. The maximum absolute atomic E-state index is 11.7. The van der Waals surface area contributed by atoms with Crippen LogP contribution in [0.4, 0.5) is 4.79 Å². The van der Waals surface area contributed by atoms with Gasteiger partial charge in [0.05, 0.1) is 0 Å². The highest BCUT2D eigenvalue weighted by Gasteiger charge is 2.23. The fourth-order valence-corrected chi connectivity index (χ4v) is 1.85. The van der Waals surface area contributed by atoms with Crippen LogP contribution < -0.4 is 11.1 Å². The summed E-state index contributed by atoms with van der Waals surface area (Å²) in [4.78, 5) is 11.7. The summed E-state index contributed by atoms with van der Waals surface area (Å²) in [6.07, 6.45) is 7.64. The third-order valence-electron chi connectivity index (χ3n) is 2.70. The predicted molar refractivity (Wildman–Crippen MR) is 68.7 cm³/mol. The minimum Gasteiger partial charge on any atom is -0.444 e. The zero-order valence-electron chi connectivity index (χ0n) is 11.0. The highest BCUT2D eigenvalue weighted by Crippen LogP contribution is 2.13. The predicted octanol–water partition coefficient (Wildman–Crippen LogP) is 2.34. The van der Waals surface area contributed by atoms with Crippen LogP contribution in [0.15, 0.2) is 12.2 Å². The van der Waals surface area contributed by atoms with E-state index in [1.165, 1.54) is 0 Å². The van der Waals surface area contributed by atoms with Crippen LogP contribution in [-0.4, -0.2) is 23.8 Å². The second-order valence-electron chi connectivity index (χ2n) is 5.54. The molecule has 0 bridgehead atoms. The number of hydrogen-bond donors (Lipinski definition) is 2. The van der Waals surface area contributed by atoms with Gasteiger partial charge in [0.1, 0.15) is 5.60 Å². The molecule has 0 aliphatic heterocycles. The Bertz CT molecular complexity index is 282. The lowest BCUT2D eigenvalue weighted by Crippen LogP contribution is -2.49. The summed E-state index contributed by atoms with van der Waals surface area (Å²) in [5.74, 6) is 0. The molecule has 0 radical (unpaired) electrons. The number of hydrogen-bond acceptors (Lipinski definition) is 3. The number of carbonyl (C=O) groups excluding carboxylic acids is 1. The number of ether oxygens (including phenoxy) is 1. The number of nitrogens with one attached hydrogen (secondary N) is 1. The topological polar surface area (TPSA) is 64.3 Å². The molecule has 0 fully saturated rings. The third-order valence-corrected chi connectivity index (χ3v) is 2.70. The summed E-state index contributed by atoms with van der Waals surface area (Å²) in [5, 5.41) is 2.87. The van der Waals surface area contributed by atoms with E-state index in [2.05, 4.69) is 17.5 Å². The first-order valence-corrected chi connectivity index (χ1v) is 6.28. The van der Waals surface area contributed by atoms with Crippen LogP contribution in [-0.2, 0) is 4.74 Å². The van der Waals surface area contributed by atoms with Gasteiger partial charge in [0.25, 0.3) is 0 Å². The first kappa shape index (κ1) is 14.0. The van der Waals surface area contributed by atoms with Gasteiger partial charge in [-0.15, -0.1) is 0 Å². The number of alkyl carbamates (subject to hydrolysis) is 1. The van der Waals surface area contributed by atoms with Gasteiger partial charge in [0.15, 0.2) is 0 Å². The zero-order valence-corrected chi connectivity index (χ0v) is 11.0.